The molecule has 1 unspecified atom stereocenters. The van der Waals surface area contributed by atoms with E-state index in [-0.39, 0.29) is 29.8 Å². The van der Waals surface area contributed by atoms with Crippen molar-refractivity contribution in [3.63, 3.8) is 0 Å². The Balaban J connectivity index is 1.65. The van der Waals surface area contributed by atoms with Gasteiger partial charge >= 0.3 is 0 Å². The Morgan fingerprint density at radius 2 is 2.00 bits per heavy atom. The molecule has 0 saturated carbocycles. The molecule has 1 aliphatic heterocycles. The fraction of sp³-hybridized carbons (Fsp3) is 0.611. The quantitative estimate of drug-likeness (QED) is 0.934. The van der Waals surface area contributed by atoms with Gasteiger partial charge in [0.1, 0.15) is 5.75 Å². The molecule has 1 N–H and O–H groups in total. The molecule has 22 heavy (non-hydrogen) atoms. The van der Waals surface area contributed by atoms with Crippen LogP contribution in [0.3, 0.4) is 0 Å². The number of phenols is 1. The van der Waals surface area contributed by atoms with Crippen LogP contribution in [-0.2, 0) is 16.0 Å². The van der Waals surface area contributed by atoms with Crippen molar-refractivity contribution in [1.82, 2.24) is 4.90 Å². The molecular weight excluding hydrogens is 278 g/mol. The zero-order valence-electron chi connectivity index (χ0n) is 13.4. The number of carbonyl (C=O) groups is 1. The average molecular weight is 303 g/mol. The molecule has 1 amide bonds. The smallest absolute Gasteiger partial charge is 0.230 e. The molecule has 4 nitrogen and oxygen atoms in total. The van der Waals surface area contributed by atoms with E-state index in [2.05, 4.69) is 13.8 Å². The van der Waals surface area contributed by atoms with Crippen molar-refractivity contribution < 1.29 is 14.6 Å². The van der Waals surface area contributed by atoms with Crippen molar-refractivity contribution in [2.24, 2.45) is 0 Å². The van der Waals surface area contributed by atoms with E-state index in [1.165, 1.54) is 0 Å². The zero-order chi connectivity index (χ0) is 15.7. The van der Waals surface area contributed by atoms with Crippen molar-refractivity contribution in [3.8, 4) is 5.75 Å². The highest BCUT2D eigenvalue weighted by Crippen LogP contribution is 2.40. The Hall–Kier alpha value is -1.55. The summed E-state index contributed by atoms with van der Waals surface area (Å²) in [6.07, 6.45) is 4.02. The first kappa shape index (κ1) is 15.3. The lowest BCUT2D eigenvalue weighted by molar-refractivity contribution is -0.136. The number of phenolic OH excluding ortho intramolecular Hbond substituents is 1. The molecule has 2 aliphatic rings. The van der Waals surface area contributed by atoms with E-state index in [4.69, 9.17) is 4.74 Å². The summed E-state index contributed by atoms with van der Waals surface area (Å²) in [5, 5.41) is 10.1. The van der Waals surface area contributed by atoms with Crippen LogP contribution in [-0.4, -0.2) is 41.2 Å². The molecule has 1 saturated heterocycles. The van der Waals surface area contributed by atoms with Gasteiger partial charge in [-0.1, -0.05) is 12.1 Å². The molecule has 4 heteroatoms. The summed E-state index contributed by atoms with van der Waals surface area (Å²) in [4.78, 5) is 14.8. The lowest BCUT2D eigenvalue weighted by atomic mass is 9.97. The SMILES string of the molecule is CC(C)OC1CCN(C(=O)C2CCc3cccc(O)c32)CC1. The normalized spacial score (nSPS) is 22.1. The molecule has 0 bridgehead atoms. The molecule has 1 fully saturated rings. The Bertz CT molecular complexity index is 547. The number of aryl methyl sites for hydroxylation is 1. The fourth-order valence-electron chi connectivity index (χ4n) is 3.73. The molecule has 120 valence electrons. The van der Waals surface area contributed by atoms with Crippen LogP contribution in [0.25, 0.3) is 0 Å². The standard InChI is InChI=1S/C18H25NO3/c1-12(2)22-14-8-10-19(11-9-14)18(21)15-7-6-13-4-3-5-16(20)17(13)15/h3-5,12,14-15,20H,6-11H2,1-2H3. The molecule has 0 spiro atoms. The summed E-state index contributed by atoms with van der Waals surface area (Å²) < 4.78 is 5.84. The van der Waals surface area contributed by atoms with Crippen LogP contribution in [0.4, 0.5) is 0 Å². The molecule has 0 radical (unpaired) electrons. The number of rotatable bonds is 3. The Kier molecular flexibility index (Phi) is 4.39. The van der Waals surface area contributed by atoms with Gasteiger partial charge in [-0.05, 0) is 51.2 Å². The fourth-order valence-corrected chi connectivity index (χ4v) is 3.73. The minimum atomic E-state index is -0.168. The maximum Gasteiger partial charge on any atom is 0.230 e. The second-order valence-corrected chi connectivity index (χ2v) is 6.65. The Morgan fingerprint density at radius 3 is 2.68 bits per heavy atom. The van der Waals surface area contributed by atoms with Crippen molar-refractivity contribution in [2.45, 2.75) is 57.7 Å². The van der Waals surface area contributed by atoms with Gasteiger partial charge in [0, 0.05) is 18.7 Å². The predicted molar refractivity (Wildman–Crippen MR) is 85.0 cm³/mol. The second kappa shape index (κ2) is 6.29. The summed E-state index contributed by atoms with van der Waals surface area (Å²) in [5.74, 6) is 0.272. The number of carbonyl (C=O) groups excluding carboxylic acids is 1. The third-order valence-electron chi connectivity index (χ3n) is 4.74. The van der Waals surface area contributed by atoms with E-state index in [1.807, 2.05) is 17.0 Å². The number of hydrogen-bond donors (Lipinski definition) is 1. The molecule has 1 heterocycles. The van der Waals surface area contributed by atoms with Gasteiger partial charge in [-0.2, -0.15) is 0 Å². The van der Waals surface area contributed by atoms with Crippen molar-refractivity contribution >= 4 is 5.91 Å². The lowest BCUT2D eigenvalue weighted by Crippen LogP contribution is -2.43. The molecule has 1 aromatic rings. The zero-order valence-corrected chi connectivity index (χ0v) is 13.4. The summed E-state index contributed by atoms with van der Waals surface area (Å²) >= 11 is 0. The highest BCUT2D eigenvalue weighted by atomic mass is 16.5. The number of fused-ring (bicyclic) bond motifs is 1. The van der Waals surface area contributed by atoms with Gasteiger partial charge in [-0.15, -0.1) is 0 Å². The Labute approximate surface area is 132 Å². The lowest BCUT2D eigenvalue weighted by Gasteiger charge is -2.34. The first-order valence-corrected chi connectivity index (χ1v) is 8.31. The molecule has 0 aromatic heterocycles. The van der Waals surface area contributed by atoms with E-state index in [0.717, 1.165) is 49.9 Å². The van der Waals surface area contributed by atoms with E-state index in [0.29, 0.717) is 0 Å². The van der Waals surface area contributed by atoms with Gasteiger partial charge in [0.05, 0.1) is 18.1 Å². The Morgan fingerprint density at radius 1 is 1.27 bits per heavy atom. The maximum absolute atomic E-state index is 12.8. The molecule has 3 rings (SSSR count). The van der Waals surface area contributed by atoms with E-state index < -0.39 is 0 Å². The van der Waals surface area contributed by atoms with Crippen LogP contribution in [0.15, 0.2) is 18.2 Å². The van der Waals surface area contributed by atoms with Crippen LogP contribution in [0, 0.1) is 0 Å². The van der Waals surface area contributed by atoms with Crippen LogP contribution < -0.4 is 0 Å². The molecule has 1 atom stereocenters. The van der Waals surface area contributed by atoms with Crippen LogP contribution in [0.5, 0.6) is 5.75 Å². The van der Waals surface area contributed by atoms with Gasteiger partial charge in [0.15, 0.2) is 0 Å². The predicted octanol–water partition coefficient (Wildman–Crippen LogP) is 2.84. The van der Waals surface area contributed by atoms with Crippen molar-refractivity contribution in [2.75, 3.05) is 13.1 Å². The monoisotopic (exact) mass is 303 g/mol. The average Bonchev–Trinajstić information content (AvgIpc) is 2.92. The number of aromatic hydroxyl groups is 1. The first-order valence-electron chi connectivity index (χ1n) is 8.31. The van der Waals surface area contributed by atoms with Crippen molar-refractivity contribution in [3.05, 3.63) is 29.3 Å². The molecule has 1 aromatic carbocycles. The summed E-state index contributed by atoms with van der Waals surface area (Å²) in [5.41, 5.74) is 1.98. The second-order valence-electron chi connectivity index (χ2n) is 6.65. The van der Waals surface area contributed by atoms with Crippen LogP contribution >= 0.6 is 0 Å². The molecular formula is C18H25NO3. The number of piperidine rings is 1. The van der Waals surface area contributed by atoms with E-state index in [1.54, 1.807) is 6.07 Å². The number of likely N-dealkylation sites (tertiary alicyclic amines) is 1. The highest BCUT2D eigenvalue weighted by Gasteiger charge is 2.35. The van der Waals surface area contributed by atoms with Crippen LogP contribution in [0.1, 0.15) is 50.2 Å². The summed E-state index contributed by atoms with van der Waals surface area (Å²) in [7, 11) is 0. The van der Waals surface area contributed by atoms with Crippen LogP contribution in [0.2, 0.25) is 0 Å². The topological polar surface area (TPSA) is 49.8 Å². The first-order chi connectivity index (χ1) is 10.6. The van der Waals surface area contributed by atoms with Gasteiger partial charge < -0.3 is 14.7 Å². The largest absolute Gasteiger partial charge is 0.508 e. The molecule has 1 aliphatic carbocycles. The number of hydrogen-bond acceptors (Lipinski definition) is 3. The minimum Gasteiger partial charge on any atom is -0.508 e. The summed E-state index contributed by atoms with van der Waals surface area (Å²) in [6.45, 7) is 5.62. The highest BCUT2D eigenvalue weighted by molar-refractivity contribution is 5.86. The number of ether oxygens (including phenoxy) is 1. The maximum atomic E-state index is 12.8. The third kappa shape index (κ3) is 2.98. The van der Waals surface area contributed by atoms with E-state index >= 15 is 0 Å². The third-order valence-corrected chi connectivity index (χ3v) is 4.74. The van der Waals surface area contributed by atoms with Gasteiger partial charge in [0.25, 0.3) is 0 Å². The summed E-state index contributed by atoms with van der Waals surface area (Å²) in [6, 6.07) is 5.56. The number of benzene rings is 1. The van der Waals surface area contributed by atoms with Crippen molar-refractivity contribution in [1.29, 1.82) is 0 Å². The van der Waals surface area contributed by atoms with Gasteiger partial charge in [-0.3, -0.25) is 4.79 Å². The minimum absolute atomic E-state index is 0.168. The van der Waals surface area contributed by atoms with Gasteiger partial charge in [-0.25, -0.2) is 0 Å². The number of nitrogens with zero attached hydrogens (tertiary/aromatic N) is 1. The van der Waals surface area contributed by atoms with E-state index in [9.17, 15) is 9.90 Å². The van der Waals surface area contributed by atoms with Gasteiger partial charge in [0.2, 0.25) is 5.91 Å². The number of amides is 1.